The topological polar surface area (TPSA) is 44.5 Å². The van der Waals surface area contributed by atoms with Crippen LogP contribution in [0.4, 0.5) is 5.69 Å². The third-order valence-corrected chi connectivity index (χ3v) is 4.17. The third-order valence-electron chi connectivity index (χ3n) is 3.48. The molecule has 0 unspecified atom stereocenters. The normalized spacial score (nSPS) is 10.9. The van der Waals surface area contributed by atoms with Gasteiger partial charge in [0.1, 0.15) is 0 Å². The third kappa shape index (κ3) is 1.79. The van der Waals surface area contributed by atoms with Crippen LogP contribution in [-0.2, 0) is 0 Å². The Morgan fingerprint density at radius 2 is 1.70 bits per heavy atom. The van der Waals surface area contributed by atoms with E-state index in [1.807, 2.05) is 18.2 Å². The average molecular weight is 332 g/mol. The molecule has 0 atom stereocenters. The zero-order chi connectivity index (χ0) is 14.3. The molecule has 4 heteroatoms. The Morgan fingerprint density at radius 3 is 2.40 bits per heavy atom. The molecule has 0 aliphatic heterocycles. The number of ether oxygens (including phenoxy) is 2. The van der Waals surface area contributed by atoms with Crippen molar-refractivity contribution in [3.63, 3.8) is 0 Å². The lowest BCUT2D eigenvalue weighted by molar-refractivity contribution is 0.359. The highest BCUT2D eigenvalue weighted by Crippen LogP contribution is 2.43. The summed E-state index contributed by atoms with van der Waals surface area (Å²) in [6, 6.07) is 11.9. The maximum absolute atomic E-state index is 6.14. The Labute approximate surface area is 125 Å². The highest BCUT2D eigenvalue weighted by Gasteiger charge is 2.15. The average Bonchev–Trinajstić information content (AvgIpc) is 2.47. The molecule has 0 spiro atoms. The van der Waals surface area contributed by atoms with E-state index >= 15 is 0 Å². The Bertz CT molecular complexity index is 815. The molecule has 0 amide bonds. The van der Waals surface area contributed by atoms with Crippen molar-refractivity contribution in [2.75, 3.05) is 20.0 Å². The lowest BCUT2D eigenvalue weighted by Crippen LogP contribution is -1.96. The van der Waals surface area contributed by atoms with Crippen molar-refractivity contribution < 1.29 is 9.47 Å². The molecule has 3 aromatic carbocycles. The second kappa shape index (κ2) is 4.87. The van der Waals surface area contributed by atoms with Gasteiger partial charge in [0.25, 0.3) is 0 Å². The van der Waals surface area contributed by atoms with Gasteiger partial charge in [0.2, 0.25) is 0 Å². The van der Waals surface area contributed by atoms with Gasteiger partial charge in [-0.1, -0.05) is 40.2 Å². The number of nitrogen functional groups attached to an aromatic ring is 1. The summed E-state index contributed by atoms with van der Waals surface area (Å²) in [5.74, 6) is 1.35. The van der Waals surface area contributed by atoms with E-state index < -0.39 is 0 Å². The first-order valence-corrected chi connectivity index (χ1v) is 6.98. The van der Waals surface area contributed by atoms with E-state index in [0.29, 0.717) is 17.2 Å². The van der Waals surface area contributed by atoms with E-state index in [9.17, 15) is 0 Å². The van der Waals surface area contributed by atoms with Crippen molar-refractivity contribution in [1.29, 1.82) is 0 Å². The molecule has 0 fully saturated rings. The summed E-state index contributed by atoms with van der Waals surface area (Å²) < 4.78 is 12.0. The van der Waals surface area contributed by atoms with Crippen LogP contribution in [0.3, 0.4) is 0 Å². The van der Waals surface area contributed by atoms with E-state index in [-0.39, 0.29) is 0 Å². The molecule has 0 saturated carbocycles. The van der Waals surface area contributed by atoms with Gasteiger partial charge < -0.3 is 15.2 Å². The molecule has 0 saturated heterocycles. The van der Waals surface area contributed by atoms with E-state index in [2.05, 4.69) is 28.1 Å². The van der Waals surface area contributed by atoms with Crippen LogP contribution in [0.2, 0.25) is 0 Å². The maximum atomic E-state index is 6.14. The number of benzene rings is 3. The molecule has 102 valence electrons. The summed E-state index contributed by atoms with van der Waals surface area (Å²) in [7, 11) is 3.26. The lowest BCUT2D eigenvalue weighted by atomic mass is 9.99. The van der Waals surface area contributed by atoms with Gasteiger partial charge in [-0.15, -0.1) is 0 Å². The SMILES string of the molecule is COc1cc(N)c2ccc3c(Br)cccc3c2c1OC. The second-order valence-electron chi connectivity index (χ2n) is 4.52. The highest BCUT2D eigenvalue weighted by molar-refractivity contribution is 9.10. The first-order valence-electron chi connectivity index (χ1n) is 6.18. The minimum absolute atomic E-state index is 0.643. The second-order valence-corrected chi connectivity index (χ2v) is 5.38. The molecule has 0 aromatic heterocycles. The fraction of sp³-hybridized carbons (Fsp3) is 0.125. The zero-order valence-corrected chi connectivity index (χ0v) is 12.8. The molecule has 3 rings (SSSR count). The van der Waals surface area contributed by atoms with Crippen molar-refractivity contribution in [2.24, 2.45) is 0 Å². The van der Waals surface area contributed by atoms with Crippen molar-refractivity contribution >= 4 is 43.2 Å². The van der Waals surface area contributed by atoms with Gasteiger partial charge in [-0.3, -0.25) is 0 Å². The van der Waals surface area contributed by atoms with E-state index in [1.54, 1.807) is 20.3 Å². The number of rotatable bonds is 2. The van der Waals surface area contributed by atoms with E-state index in [0.717, 1.165) is 26.0 Å². The maximum Gasteiger partial charge on any atom is 0.169 e. The molecule has 3 aromatic rings. The van der Waals surface area contributed by atoms with Gasteiger partial charge in [0.15, 0.2) is 11.5 Å². The zero-order valence-electron chi connectivity index (χ0n) is 11.2. The van der Waals surface area contributed by atoms with Crippen molar-refractivity contribution in [3.8, 4) is 11.5 Å². The summed E-state index contributed by atoms with van der Waals surface area (Å²) in [4.78, 5) is 0. The van der Waals surface area contributed by atoms with E-state index in [4.69, 9.17) is 15.2 Å². The first-order chi connectivity index (χ1) is 9.67. The summed E-state index contributed by atoms with van der Waals surface area (Å²) in [5.41, 5.74) is 6.82. The number of anilines is 1. The predicted octanol–water partition coefficient (Wildman–Crippen LogP) is 4.35. The fourth-order valence-corrected chi connectivity index (χ4v) is 3.07. The number of halogens is 1. The van der Waals surface area contributed by atoms with Gasteiger partial charge in [-0.05, 0) is 16.8 Å². The summed E-state index contributed by atoms with van der Waals surface area (Å²) in [6.07, 6.45) is 0. The molecule has 0 bridgehead atoms. The number of methoxy groups -OCH3 is 2. The summed E-state index contributed by atoms with van der Waals surface area (Å²) >= 11 is 3.58. The molecular formula is C16H14BrNO2. The van der Waals surface area contributed by atoms with Crippen LogP contribution in [0, 0.1) is 0 Å². The monoisotopic (exact) mass is 331 g/mol. The Morgan fingerprint density at radius 1 is 0.950 bits per heavy atom. The molecule has 3 nitrogen and oxygen atoms in total. The molecule has 0 heterocycles. The van der Waals surface area contributed by atoms with Crippen LogP contribution < -0.4 is 15.2 Å². The van der Waals surface area contributed by atoms with Crippen LogP contribution in [0.5, 0.6) is 11.5 Å². The lowest BCUT2D eigenvalue weighted by Gasteiger charge is -2.15. The quantitative estimate of drug-likeness (QED) is 0.560. The number of hydrogen-bond acceptors (Lipinski definition) is 3. The molecular weight excluding hydrogens is 318 g/mol. The number of hydrogen-bond donors (Lipinski definition) is 1. The standard InChI is InChI=1S/C16H14BrNO2/c1-19-14-8-13(18)11-7-6-9-10(4-3-5-12(9)17)15(11)16(14)20-2/h3-8H,18H2,1-2H3. The first kappa shape index (κ1) is 13.1. The van der Waals surface area contributed by atoms with Crippen LogP contribution in [-0.4, -0.2) is 14.2 Å². The van der Waals surface area contributed by atoms with Crippen LogP contribution in [0.1, 0.15) is 0 Å². The summed E-state index contributed by atoms with van der Waals surface area (Å²) in [5, 5.41) is 4.14. The van der Waals surface area contributed by atoms with Gasteiger partial charge in [0, 0.05) is 27.0 Å². The van der Waals surface area contributed by atoms with Crippen molar-refractivity contribution in [1.82, 2.24) is 0 Å². The van der Waals surface area contributed by atoms with Gasteiger partial charge in [-0.25, -0.2) is 0 Å². The van der Waals surface area contributed by atoms with Crippen LogP contribution in [0.25, 0.3) is 21.5 Å². The predicted molar refractivity (Wildman–Crippen MR) is 86.7 cm³/mol. The molecule has 20 heavy (non-hydrogen) atoms. The minimum Gasteiger partial charge on any atom is -0.493 e. The van der Waals surface area contributed by atoms with Gasteiger partial charge in [0.05, 0.1) is 14.2 Å². The summed E-state index contributed by atoms with van der Waals surface area (Å²) in [6.45, 7) is 0. The number of nitrogens with two attached hydrogens (primary N) is 1. The Balaban J connectivity index is 2.60. The Hall–Kier alpha value is -1.94. The highest BCUT2D eigenvalue weighted by atomic mass is 79.9. The number of fused-ring (bicyclic) bond motifs is 3. The smallest absolute Gasteiger partial charge is 0.169 e. The Kier molecular flexibility index (Phi) is 3.18. The molecule has 2 N–H and O–H groups in total. The fourth-order valence-electron chi connectivity index (χ4n) is 2.57. The molecule has 0 radical (unpaired) electrons. The van der Waals surface area contributed by atoms with Crippen LogP contribution >= 0.6 is 15.9 Å². The largest absolute Gasteiger partial charge is 0.493 e. The molecule has 0 aliphatic rings. The minimum atomic E-state index is 0.643. The van der Waals surface area contributed by atoms with Crippen molar-refractivity contribution in [2.45, 2.75) is 0 Å². The van der Waals surface area contributed by atoms with Crippen LogP contribution in [0.15, 0.2) is 40.9 Å². The van der Waals surface area contributed by atoms with E-state index in [1.165, 1.54) is 0 Å². The van der Waals surface area contributed by atoms with Gasteiger partial charge in [-0.2, -0.15) is 0 Å². The van der Waals surface area contributed by atoms with Crippen molar-refractivity contribution in [3.05, 3.63) is 40.9 Å². The van der Waals surface area contributed by atoms with Gasteiger partial charge >= 0.3 is 0 Å². The molecule has 0 aliphatic carbocycles.